The number of ether oxygens (including phenoxy) is 2. The molecule has 0 atom stereocenters. The highest BCUT2D eigenvalue weighted by Gasteiger charge is 2.07. The van der Waals surface area contributed by atoms with Crippen LogP contribution >= 0.6 is 0 Å². The highest BCUT2D eigenvalue weighted by Crippen LogP contribution is 2.28. The van der Waals surface area contributed by atoms with E-state index in [4.69, 9.17) is 9.47 Å². The molecule has 2 aromatic carbocycles. The molecule has 0 fully saturated rings. The molecule has 27 heavy (non-hydrogen) atoms. The van der Waals surface area contributed by atoms with Gasteiger partial charge < -0.3 is 9.47 Å². The average Bonchev–Trinajstić information content (AvgIpc) is 2.69. The number of amides is 2. The highest BCUT2D eigenvalue weighted by atomic mass is 19.1. The number of nitrogens with one attached hydrogen (secondary N) is 2. The van der Waals surface area contributed by atoms with Crippen LogP contribution in [0.1, 0.15) is 29.3 Å². The molecule has 2 aromatic rings. The van der Waals surface area contributed by atoms with Gasteiger partial charge in [-0.3, -0.25) is 20.4 Å². The largest absolute Gasteiger partial charge is 0.493 e. The Hall–Kier alpha value is -3.35. The summed E-state index contributed by atoms with van der Waals surface area (Å²) in [6.45, 7) is 2.60. The fourth-order valence-electron chi connectivity index (χ4n) is 2.12. The lowest BCUT2D eigenvalue weighted by Gasteiger charge is -2.10. The van der Waals surface area contributed by atoms with Crippen molar-refractivity contribution in [3.8, 4) is 11.5 Å². The normalized spacial score (nSPS) is 10.5. The number of hydrazine groups is 1. The Morgan fingerprint density at radius 1 is 1.07 bits per heavy atom. The van der Waals surface area contributed by atoms with E-state index in [1.165, 1.54) is 18.2 Å². The van der Waals surface area contributed by atoms with Crippen LogP contribution in [0.5, 0.6) is 11.5 Å². The third-order valence-corrected chi connectivity index (χ3v) is 3.48. The Balaban J connectivity index is 1.92. The van der Waals surface area contributed by atoms with Crippen LogP contribution in [0.3, 0.4) is 0 Å². The van der Waals surface area contributed by atoms with Gasteiger partial charge in [-0.25, -0.2) is 4.39 Å². The second kappa shape index (κ2) is 9.96. The van der Waals surface area contributed by atoms with Gasteiger partial charge in [-0.05, 0) is 54.5 Å². The summed E-state index contributed by atoms with van der Waals surface area (Å²) in [4.78, 5) is 23.7. The Morgan fingerprint density at radius 3 is 2.48 bits per heavy atom. The summed E-state index contributed by atoms with van der Waals surface area (Å²) in [6.07, 6.45) is 3.73. The molecule has 0 radical (unpaired) electrons. The lowest BCUT2D eigenvalue weighted by atomic mass is 10.2. The van der Waals surface area contributed by atoms with Gasteiger partial charge in [0, 0.05) is 11.6 Å². The number of benzene rings is 2. The van der Waals surface area contributed by atoms with E-state index < -0.39 is 17.6 Å². The van der Waals surface area contributed by atoms with Crippen molar-refractivity contribution >= 4 is 17.9 Å². The number of methoxy groups -OCH3 is 1. The van der Waals surface area contributed by atoms with Crippen LogP contribution in [-0.4, -0.2) is 25.5 Å². The molecule has 0 spiro atoms. The summed E-state index contributed by atoms with van der Waals surface area (Å²) in [5.41, 5.74) is 5.47. The zero-order chi connectivity index (χ0) is 19.6. The minimum atomic E-state index is -0.546. The lowest BCUT2D eigenvalue weighted by molar-refractivity contribution is -0.117. The minimum absolute atomic E-state index is 0.230. The van der Waals surface area contributed by atoms with Crippen molar-refractivity contribution in [2.24, 2.45) is 0 Å². The van der Waals surface area contributed by atoms with Gasteiger partial charge in [-0.1, -0.05) is 13.0 Å². The van der Waals surface area contributed by atoms with Crippen LogP contribution < -0.4 is 20.3 Å². The van der Waals surface area contributed by atoms with Crippen LogP contribution in [0.2, 0.25) is 0 Å². The van der Waals surface area contributed by atoms with Crippen molar-refractivity contribution in [3.05, 3.63) is 65.5 Å². The van der Waals surface area contributed by atoms with Crippen LogP contribution in [0, 0.1) is 5.82 Å². The van der Waals surface area contributed by atoms with Gasteiger partial charge in [0.05, 0.1) is 13.7 Å². The summed E-state index contributed by atoms with van der Waals surface area (Å²) in [5, 5.41) is 0. The molecule has 2 rings (SSSR count). The van der Waals surface area contributed by atoms with Crippen molar-refractivity contribution in [1.82, 2.24) is 10.9 Å². The summed E-state index contributed by atoms with van der Waals surface area (Å²) in [7, 11) is 1.54. The van der Waals surface area contributed by atoms with E-state index in [-0.39, 0.29) is 5.56 Å². The molecule has 0 aliphatic heterocycles. The van der Waals surface area contributed by atoms with E-state index in [1.54, 1.807) is 31.4 Å². The summed E-state index contributed by atoms with van der Waals surface area (Å²) < 4.78 is 23.7. The summed E-state index contributed by atoms with van der Waals surface area (Å²) in [5.74, 6) is -0.310. The maximum absolute atomic E-state index is 12.8. The van der Waals surface area contributed by atoms with Crippen molar-refractivity contribution in [2.45, 2.75) is 13.3 Å². The molecule has 0 saturated heterocycles. The molecule has 0 bridgehead atoms. The van der Waals surface area contributed by atoms with Crippen LogP contribution in [0.25, 0.3) is 6.08 Å². The topological polar surface area (TPSA) is 76.7 Å². The Morgan fingerprint density at radius 2 is 1.81 bits per heavy atom. The van der Waals surface area contributed by atoms with Crippen molar-refractivity contribution < 1.29 is 23.5 Å². The zero-order valence-corrected chi connectivity index (χ0v) is 15.1. The predicted octanol–water partition coefficient (Wildman–Crippen LogP) is 3.10. The van der Waals surface area contributed by atoms with E-state index in [0.717, 1.165) is 24.1 Å². The van der Waals surface area contributed by atoms with Crippen molar-refractivity contribution in [2.75, 3.05) is 13.7 Å². The zero-order valence-electron chi connectivity index (χ0n) is 15.1. The molecule has 0 saturated carbocycles. The molecule has 0 unspecified atom stereocenters. The van der Waals surface area contributed by atoms with E-state index in [0.29, 0.717) is 18.1 Å². The first-order valence-electron chi connectivity index (χ1n) is 8.38. The molecule has 7 heteroatoms. The summed E-state index contributed by atoms with van der Waals surface area (Å²) >= 11 is 0. The number of carbonyl (C=O) groups excluding carboxylic acids is 2. The molecule has 6 nitrogen and oxygen atoms in total. The van der Waals surface area contributed by atoms with Crippen molar-refractivity contribution in [1.29, 1.82) is 0 Å². The maximum atomic E-state index is 12.8. The third-order valence-electron chi connectivity index (χ3n) is 3.48. The molecule has 142 valence electrons. The van der Waals surface area contributed by atoms with Gasteiger partial charge >= 0.3 is 0 Å². The first-order chi connectivity index (χ1) is 13.0. The second-order valence-electron chi connectivity index (χ2n) is 5.54. The van der Waals surface area contributed by atoms with Crippen LogP contribution in [0.4, 0.5) is 4.39 Å². The Bertz CT molecular complexity index is 819. The molecule has 2 amide bonds. The molecule has 0 aliphatic rings. The smallest absolute Gasteiger partial charge is 0.269 e. The fourth-order valence-corrected chi connectivity index (χ4v) is 2.12. The molecule has 0 heterocycles. The Labute approximate surface area is 157 Å². The van der Waals surface area contributed by atoms with Gasteiger partial charge in [0.1, 0.15) is 5.82 Å². The van der Waals surface area contributed by atoms with Gasteiger partial charge in [0.25, 0.3) is 11.8 Å². The van der Waals surface area contributed by atoms with Gasteiger partial charge in [0.15, 0.2) is 11.5 Å². The monoisotopic (exact) mass is 372 g/mol. The van der Waals surface area contributed by atoms with E-state index in [2.05, 4.69) is 10.9 Å². The minimum Gasteiger partial charge on any atom is -0.493 e. The average molecular weight is 372 g/mol. The first kappa shape index (κ1) is 20.0. The molecule has 2 N–H and O–H groups in total. The SMILES string of the molecule is CCCOc1ccc(C=CC(=O)NNC(=O)c2ccc(F)cc2)cc1OC. The molecule has 0 aromatic heterocycles. The first-order valence-corrected chi connectivity index (χ1v) is 8.38. The van der Waals surface area contributed by atoms with E-state index in [1.807, 2.05) is 6.92 Å². The molecular formula is C20H21FN2O4. The van der Waals surface area contributed by atoms with Crippen LogP contribution in [0.15, 0.2) is 48.5 Å². The van der Waals surface area contributed by atoms with Gasteiger partial charge in [-0.15, -0.1) is 0 Å². The third kappa shape index (κ3) is 6.14. The Kier molecular flexibility index (Phi) is 7.37. The van der Waals surface area contributed by atoms with E-state index in [9.17, 15) is 14.0 Å². The number of hydrogen-bond acceptors (Lipinski definition) is 4. The number of rotatable bonds is 7. The standard InChI is InChI=1S/C20H21FN2O4/c1-3-12-27-17-10-4-14(13-18(17)26-2)5-11-19(24)22-23-20(25)15-6-8-16(21)9-7-15/h4-11,13H,3,12H2,1-2H3,(H,22,24)(H,23,25). The predicted molar refractivity (Wildman–Crippen MR) is 99.8 cm³/mol. The van der Waals surface area contributed by atoms with E-state index >= 15 is 0 Å². The van der Waals surface area contributed by atoms with Gasteiger partial charge in [0.2, 0.25) is 0 Å². The fraction of sp³-hybridized carbons (Fsp3) is 0.200. The quantitative estimate of drug-likeness (QED) is 0.578. The summed E-state index contributed by atoms with van der Waals surface area (Å²) in [6, 6.07) is 10.3. The van der Waals surface area contributed by atoms with Crippen molar-refractivity contribution in [3.63, 3.8) is 0 Å². The molecule has 0 aliphatic carbocycles. The lowest BCUT2D eigenvalue weighted by Crippen LogP contribution is -2.40. The van der Waals surface area contributed by atoms with Crippen LogP contribution in [-0.2, 0) is 4.79 Å². The number of hydrogen-bond donors (Lipinski definition) is 2. The second-order valence-corrected chi connectivity index (χ2v) is 5.54. The number of carbonyl (C=O) groups is 2. The molecular weight excluding hydrogens is 351 g/mol. The maximum Gasteiger partial charge on any atom is 0.269 e. The number of halogens is 1. The highest BCUT2D eigenvalue weighted by molar-refractivity contribution is 5.97. The van der Waals surface area contributed by atoms with Gasteiger partial charge in [-0.2, -0.15) is 0 Å².